The van der Waals surface area contributed by atoms with Gasteiger partial charge in [0.15, 0.2) is 0 Å². The first-order valence-electron chi connectivity index (χ1n) is 6.44. The van der Waals surface area contributed by atoms with Crippen LogP contribution >= 0.6 is 0 Å². The quantitative estimate of drug-likeness (QED) is 0.677. The Hall–Kier alpha value is -0.820. The fourth-order valence-corrected chi connectivity index (χ4v) is 1.92. The summed E-state index contributed by atoms with van der Waals surface area (Å²) in [7, 11) is 2.19. The molecule has 0 aromatic carbocycles. The van der Waals surface area contributed by atoms with Crippen molar-refractivity contribution in [1.29, 1.82) is 0 Å². The molecule has 0 radical (unpaired) electrons. The fourth-order valence-electron chi connectivity index (χ4n) is 1.92. The summed E-state index contributed by atoms with van der Waals surface area (Å²) in [5, 5.41) is 0. The van der Waals surface area contributed by atoms with Gasteiger partial charge in [-0.2, -0.15) is 0 Å². The lowest BCUT2D eigenvalue weighted by molar-refractivity contribution is 0.347. The largest absolute Gasteiger partial charge is 0.307 e. The van der Waals surface area contributed by atoms with Crippen molar-refractivity contribution in [2.45, 2.75) is 39.5 Å². The van der Waals surface area contributed by atoms with Crippen molar-refractivity contribution >= 4 is 0 Å². The molecule has 0 N–H and O–H groups in total. The third kappa shape index (κ3) is 5.32. The van der Waals surface area contributed by atoms with Crippen LogP contribution in [0.25, 0.3) is 0 Å². The Balaban J connectivity index is 2.40. The van der Waals surface area contributed by atoms with Gasteiger partial charge in [0, 0.05) is 0 Å². The molecule has 0 saturated carbocycles. The van der Waals surface area contributed by atoms with Gasteiger partial charge in [0.25, 0.3) is 0 Å². The van der Waals surface area contributed by atoms with E-state index in [0.29, 0.717) is 0 Å². The van der Waals surface area contributed by atoms with E-state index in [4.69, 9.17) is 0 Å². The van der Waals surface area contributed by atoms with Crippen LogP contribution < -0.4 is 0 Å². The molecule has 0 aliphatic heterocycles. The van der Waals surface area contributed by atoms with Crippen molar-refractivity contribution in [3.63, 3.8) is 0 Å². The third-order valence-electron chi connectivity index (χ3n) is 3.08. The van der Waals surface area contributed by atoms with Gasteiger partial charge in [-0.15, -0.1) is 0 Å². The molecular formula is C15H25N. The van der Waals surface area contributed by atoms with Gasteiger partial charge in [-0.1, -0.05) is 42.4 Å². The SMILES string of the molecule is CCN(C)CCCC1=C/CC/C=C/C(C)=C\1. The normalized spacial score (nSPS) is 25.2. The molecule has 1 rings (SSSR count). The summed E-state index contributed by atoms with van der Waals surface area (Å²) in [6, 6.07) is 0. The van der Waals surface area contributed by atoms with Gasteiger partial charge >= 0.3 is 0 Å². The number of hydrogen-bond acceptors (Lipinski definition) is 1. The predicted molar refractivity (Wildman–Crippen MR) is 72.6 cm³/mol. The highest BCUT2D eigenvalue weighted by Gasteiger charge is 1.99. The zero-order valence-electron chi connectivity index (χ0n) is 11.0. The lowest BCUT2D eigenvalue weighted by Crippen LogP contribution is -2.18. The molecule has 0 atom stereocenters. The second-order valence-corrected chi connectivity index (χ2v) is 4.65. The third-order valence-corrected chi connectivity index (χ3v) is 3.08. The molecule has 0 aromatic rings. The first-order chi connectivity index (χ1) is 7.72. The van der Waals surface area contributed by atoms with E-state index in [1.807, 2.05) is 0 Å². The van der Waals surface area contributed by atoms with E-state index in [-0.39, 0.29) is 0 Å². The summed E-state index contributed by atoms with van der Waals surface area (Å²) < 4.78 is 0. The molecule has 16 heavy (non-hydrogen) atoms. The van der Waals surface area contributed by atoms with Gasteiger partial charge in [0.2, 0.25) is 0 Å². The molecule has 1 aliphatic rings. The van der Waals surface area contributed by atoms with Crippen LogP contribution in [0.2, 0.25) is 0 Å². The number of rotatable bonds is 5. The van der Waals surface area contributed by atoms with Gasteiger partial charge in [-0.05, 0) is 52.7 Å². The molecule has 0 spiro atoms. The Bertz CT molecular complexity index is 284. The van der Waals surface area contributed by atoms with Crippen molar-refractivity contribution in [3.8, 4) is 0 Å². The molecule has 0 amide bonds. The highest BCUT2D eigenvalue weighted by Crippen LogP contribution is 2.15. The van der Waals surface area contributed by atoms with E-state index in [2.05, 4.69) is 50.1 Å². The van der Waals surface area contributed by atoms with Gasteiger partial charge in [-0.25, -0.2) is 0 Å². The van der Waals surface area contributed by atoms with Gasteiger partial charge in [0.05, 0.1) is 0 Å². The van der Waals surface area contributed by atoms with Crippen molar-refractivity contribution in [1.82, 2.24) is 4.90 Å². The fraction of sp³-hybridized carbons (Fsp3) is 0.600. The summed E-state index contributed by atoms with van der Waals surface area (Å²) in [6.07, 6.45) is 14.1. The molecule has 0 aromatic heterocycles. The van der Waals surface area contributed by atoms with Crippen LogP contribution in [0.3, 0.4) is 0 Å². The minimum absolute atomic E-state index is 1.15. The molecular weight excluding hydrogens is 194 g/mol. The van der Waals surface area contributed by atoms with Crippen LogP contribution in [0.5, 0.6) is 0 Å². The smallest absolute Gasteiger partial charge is 0.00187 e. The van der Waals surface area contributed by atoms with Crippen molar-refractivity contribution < 1.29 is 0 Å². The number of hydrogen-bond donors (Lipinski definition) is 0. The average Bonchev–Trinajstić information content (AvgIpc) is 2.24. The maximum atomic E-state index is 2.40. The lowest BCUT2D eigenvalue weighted by Gasteiger charge is -2.14. The summed E-state index contributed by atoms with van der Waals surface area (Å²) in [6.45, 7) is 6.75. The zero-order chi connectivity index (χ0) is 11.8. The van der Waals surface area contributed by atoms with Crippen LogP contribution in [-0.2, 0) is 0 Å². The molecule has 1 aliphatic carbocycles. The van der Waals surface area contributed by atoms with E-state index in [9.17, 15) is 0 Å². The molecule has 0 unspecified atom stereocenters. The van der Waals surface area contributed by atoms with E-state index < -0.39 is 0 Å². The standard InChI is InChI=1S/C15H25N/c1-4-16(3)12-8-11-15-10-7-5-6-9-14(2)13-15/h6,9-10,13H,4-5,7-8,11-12H2,1-3H3/b9-6+,14-13-,15-10-. The second kappa shape index (κ2) is 7.45. The summed E-state index contributed by atoms with van der Waals surface area (Å²) in [5.41, 5.74) is 2.90. The summed E-state index contributed by atoms with van der Waals surface area (Å²) in [4.78, 5) is 2.37. The summed E-state index contributed by atoms with van der Waals surface area (Å²) >= 11 is 0. The highest BCUT2D eigenvalue weighted by molar-refractivity contribution is 5.30. The maximum Gasteiger partial charge on any atom is -0.00187 e. The van der Waals surface area contributed by atoms with E-state index >= 15 is 0 Å². The number of nitrogens with zero attached hydrogens (tertiary/aromatic N) is 1. The van der Waals surface area contributed by atoms with E-state index in [0.717, 1.165) is 6.54 Å². The molecule has 1 heteroatoms. The van der Waals surface area contributed by atoms with Crippen LogP contribution in [0.4, 0.5) is 0 Å². The van der Waals surface area contributed by atoms with Crippen molar-refractivity contribution in [2.24, 2.45) is 0 Å². The Kier molecular flexibility index (Phi) is 6.17. The monoisotopic (exact) mass is 219 g/mol. The number of allylic oxidation sites excluding steroid dienone is 6. The Morgan fingerprint density at radius 2 is 2.12 bits per heavy atom. The minimum atomic E-state index is 1.15. The highest BCUT2D eigenvalue weighted by atomic mass is 15.1. The Morgan fingerprint density at radius 3 is 2.88 bits per heavy atom. The molecule has 90 valence electrons. The van der Waals surface area contributed by atoms with Crippen LogP contribution in [0.15, 0.2) is 35.5 Å². The van der Waals surface area contributed by atoms with Crippen LogP contribution in [-0.4, -0.2) is 25.0 Å². The zero-order valence-corrected chi connectivity index (χ0v) is 11.0. The Morgan fingerprint density at radius 1 is 1.31 bits per heavy atom. The average molecular weight is 219 g/mol. The van der Waals surface area contributed by atoms with Crippen LogP contribution in [0.1, 0.15) is 39.5 Å². The topological polar surface area (TPSA) is 3.24 Å². The second-order valence-electron chi connectivity index (χ2n) is 4.65. The molecule has 0 fully saturated rings. The molecule has 0 bridgehead atoms. The van der Waals surface area contributed by atoms with Gasteiger partial charge in [0.1, 0.15) is 0 Å². The lowest BCUT2D eigenvalue weighted by atomic mass is 10.0. The predicted octanol–water partition coefficient (Wildman–Crippen LogP) is 3.94. The van der Waals surface area contributed by atoms with Gasteiger partial charge < -0.3 is 4.90 Å². The van der Waals surface area contributed by atoms with E-state index in [1.165, 1.54) is 43.4 Å². The summed E-state index contributed by atoms with van der Waals surface area (Å²) in [5.74, 6) is 0. The molecule has 0 heterocycles. The van der Waals surface area contributed by atoms with Crippen molar-refractivity contribution in [2.75, 3.05) is 20.1 Å². The minimum Gasteiger partial charge on any atom is -0.307 e. The molecule has 1 nitrogen and oxygen atoms in total. The van der Waals surface area contributed by atoms with Crippen LogP contribution in [0, 0.1) is 0 Å². The van der Waals surface area contributed by atoms with Crippen molar-refractivity contribution in [3.05, 3.63) is 35.5 Å². The first-order valence-corrected chi connectivity index (χ1v) is 6.44. The molecule has 0 saturated heterocycles. The van der Waals surface area contributed by atoms with E-state index in [1.54, 1.807) is 0 Å². The van der Waals surface area contributed by atoms with Gasteiger partial charge in [-0.3, -0.25) is 0 Å². The maximum absolute atomic E-state index is 2.40. The first kappa shape index (κ1) is 13.2. The Labute approximate surface area is 101 Å².